The van der Waals surface area contributed by atoms with E-state index in [1.165, 1.54) is 21.5 Å². The van der Waals surface area contributed by atoms with Crippen molar-refractivity contribution >= 4 is 31.5 Å². The number of hydrogen-bond donors (Lipinski definition) is 0. The van der Waals surface area contributed by atoms with Crippen LogP contribution in [0.15, 0.2) is 121 Å². The molecule has 0 aromatic heterocycles. The molecule has 0 radical (unpaired) electrons. The zero-order valence-electron chi connectivity index (χ0n) is 20.8. The highest BCUT2D eigenvalue weighted by Gasteiger charge is 2.48. The highest BCUT2D eigenvalue weighted by Crippen LogP contribution is 2.58. The third-order valence-corrected chi connectivity index (χ3v) is 11.9. The third kappa shape index (κ3) is 5.58. The molecule has 4 rings (SSSR count). The van der Waals surface area contributed by atoms with E-state index in [-0.39, 0.29) is 6.10 Å². The van der Waals surface area contributed by atoms with Gasteiger partial charge in [0.2, 0.25) is 0 Å². The van der Waals surface area contributed by atoms with E-state index in [1.54, 1.807) is 0 Å². The normalized spacial score (nSPS) is 13.9. The summed E-state index contributed by atoms with van der Waals surface area (Å²) >= 11 is 0. The summed E-state index contributed by atoms with van der Waals surface area (Å²) in [6, 6.07) is 44.3. The van der Waals surface area contributed by atoms with Crippen LogP contribution in [0.3, 0.4) is 0 Å². The summed E-state index contributed by atoms with van der Waals surface area (Å²) in [4.78, 5) is 0. The molecule has 2 atom stereocenters. The van der Waals surface area contributed by atoms with Crippen molar-refractivity contribution in [3.8, 4) is 0 Å². The standard InChI is InChI=1S/C31H36OPSi/c1-26(31(32-34(2,3)4)27-17-9-5-10-18-27)25-33(28-19-11-6-12-20-28,29-21-13-7-14-22-29)30-23-15-8-16-24-30/h5-24,26,31H,25H2,1-4H3/q+1. The molecule has 0 spiro atoms. The summed E-state index contributed by atoms with van der Waals surface area (Å²) in [5.74, 6) is 0.336. The van der Waals surface area contributed by atoms with Crippen LogP contribution >= 0.6 is 7.26 Å². The smallest absolute Gasteiger partial charge is 0.184 e. The lowest BCUT2D eigenvalue weighted by Crippen LogP contribution is -2.38. The van der Waals surface area contributed by atoms with E-state index in [2.05, 4.69) is 148 Å². The number of benzene rings is 4. The second-order valence-corrected chi connectivity index (χ2v) is 18.0. The molecule has 3 heteroatoms. The van der Waals surface area contributed by atoms with E-state index in [1.807, 2.05) is 0 Å². The van der Waals surface area contributed by atoms with E-state index in [0.29, 0.717) is 5.92 Å². The zero-order chi connectivity index (χ0) is 24.0. The molecule has 0 aliphatic carbocycles. The first-order valence-electron chi connectivity index (χ1n) is 12.2. The van der Waals surface area contributed by atoms with Crippen LogP contribution in [0.2, 0.25) is 19.6 Å². The van der Waals surface area contributed by atoms with Gasteiger partial charge in [0.15, 0.2) is 8.32 Å². The molecular weight excluding hydrogens is 447 g/mol. The van der Waals surface area contributed by atoms with Gasteiger partial charge in [-0.15, -0.1) is 0 Å². The lowest BCUT2D eigenvalue weighted by atomic mass is 9.99. The Labute approximate surface area is 207 Å². The first-order chi connectivity index (χ1) is 16.4. The van der Waals surface area contributed by atoms with Crippen molar-refractivity contribution in [1.82, 2.24) is 0 Å². The fourth-order valence-corrected chi connectivity index (χ4v) is 10.6. The highest BCUT2D eigenvalue weighted by molar-refractivity contribution is 7.95. The Kier molecular flexibility index (Phi) is 7.83. The van der Waals surface area contributed by atoms with Gasteiger partial charge in [-0.2, -0.15) is 0 Å². The van der Waals surface area contributed by atoms with Crippen LogP contribution in [0, 0.1) is 5.92 Å². The van der Waals surface area contributed by atoms with Gasteiger partial charge in [0.1, 0.15) is 23.2 Å². The molecule has 4 aromatic rings. The molecule has 4 aromatic carbocycles. The molecule has 0 heterocycles. The number of hydrogen-bond acceptors (Lipinski definition) is 1. The fraction of sp³-hybridized carbons (Fsp3) is 0.226. The SMILES string of the molecule is CC(C[P+](c1ccccc1)(c1ccccc1)c1ccccc1)C(O[Si](C)(C)C)c1ccccc1. The Bertz CT molecular complexity index is 1050. The first kappa shape index (κ1) is 24.6. The Hall–Kier alpha value is -2.51. The predicted octanol–water partition coefficient (Wildman–Crippen LogP) is 7.21. The van der Waals surface area contributed by atoms with Gasteiger partial charge in [0.25, 0.3) is 0 Å². The summed E-state index contributed by atoms with van der Waals surface area (Å²) in [5, 5.41) is 4.29. The largest absolute Gasteiger partial charge is 0.410 e. The second kappa shape index (κ2) is 10.8. The lowest BCUT2D eigenvalue weighted by molar-refractivity contribution is 0.148. The maximum Gasteiger partial charge on any atom is 0.184 e. The topological polar surface area (TPSA) is 9.23 Å². The Morgan fingerprint density at radius 1 is 0.588 bits per heavy atom. The molecule has 0 N–H and O–H groups in total. The first-order valence-corrected chi connectivity index (χ1v) is 17.6. The van der Waals surface area contributed by atoms with Gasteiger partial charge in [0.05, 0.1) is 12.3 Å². The molecular formula is C31H36OPSi+. The van der Waals surface area contributed by atoms with Crippen LogP contribution in [-0.2, 0) is 4.43 Å². The number of rotatable bonds is 9. The average molecular weight is 484 g/mol. The van der Waals surface area contributed by atoms with E-state index < -0.39 is 15.6 Å². The van der Waals surface area contributed by atoms with E-state index >= 15 is 0 Å². The van der Waals surface area contributed by atoms with Crippen molar-refractivity contribution in [3.63, 3.8) is 0 Å². The van der Waals surface area contributed by atoms with E-state index in [4.69, 9.17) is 4.43 Å². The Morgan fingerprint density at radius 2 is 0.941 bits per heavy atom. The van der Waals surface area contributed by atoms with Crippen LogP contribution < -0.4 is 15.9 Å². The molecule has 0 amide bonds. The molecule has 0 bridgehead atoms. The van der Waals surface area contributed by atoms with Crippen molar-refractivity contribution in [2.45, 2.75) is 32.7 Å². The minimum Gasteiger partial charge on any atom is -0.410 e. The van der Waals surface area contributed by atoms with Gasteiger partial charge in [0, 0.05) is 5.92 Å². The minimum absolute atomic E-state index is 0.0726. The maximum atomic E-state index is 6.90. The molecule has 174 valence electrons. The quantitative estimate of drug-likeness (QED) is 0.181. The monoisotopic (exact) mass is 483 g/mol. The molecule has 34 heavy (non-hydrogen) atoms. The van der Waals surface area contributed by atoms with Crippen molar-refractivity contribution < 1.29 is 4.43 Å². The average Bonchev–Trinajstić information content (AvgIpc) is 2.87. The Morgan fingerprint density at radius 3 is 1.29 bits per heavy atom. The van der Waals surface area contributed by atoms with Gasteiger partial charge in [-0.1, -0.05) is 91.9 Å². The molecule has 0 saturated carbocycles. The summed E-state index contributed by atoms with van der Waals surface area (Å²) < 4.78 is 6.90. The summed E-state index contributed by atoms with van der Waals surface area (Å²) in [7, 11) is -3.68. The molecule has 0 saturated heterocycles. The van der Waals surface area contributed by atoms with Crippen LogP contribution in [0.1, 0.15) is 18.6 Å². The maximum absolute atomic E-state index is 6.90. The highest BCUT2D eigenvalue weighted by atomic mass is 31.2. The molecule has 0 aliphatic rings. The van der Waals surface area contributed by atoms with Crippen LogP contribution in [0.4, 0.5) is 0 Å². The molecule has 1 nitrogen and oxygen atoms in total. The zero-order valence-corrected chi connectivity index (χ0v) is 22.7. The van der Waals surface area contributed by atoms with Crippen LogP contribution in [0.25, 0.3) is 0 Å². The summed E-state index contributed by atoms with van der Waals surface area (Å²) in [6.45, 7) is 9.28. The summed E-state index contributed by atoms with van der Waals surface area (Å²) in [5.41, 5.74) is 1.28. The molecule has 0 fully saturated rings. The minimum atomic E-state index is -1.91. The van der Waals surface area contributed by atoms with Crippen molar-refractivity contribution in [2.24, 2.45) is 5.92 Å². The fourth-order valence-electron chi connectivity index (χ4n) is 4.87. The van der Waals surface area contributed by atoms with Gasteiger partial charge in [-0.05, 0) is 61.6 Å². The summed E-state index contributed by atoms with van der Waals surface area (Å²) in [6.07, 6.45) is 1.12. The van der Waals surface area contributed by atoms with Gasteiger partial charge in [-0.25, -0.2) is 0 Å². The van der Waals surface area contributed by atoms with Crippen molar-refractivity contribution in [2.75, 3.05) is 6.16 Å². The van der Waals surface area contributed by atoms with Crippen molar-refractivity contribution in [3.05, 3.63) is 127 Å². The second-order valence-electron chi connectivity index (χ2n) is 10.0. The van der Waals surface area contributed by atoms with Crippen molar-refractivity contribution in [1.29, 1.82) is 0 Å². The van der Waals surface area contributed by atoms with Crippen LogP contribution in [-0.4, -0.2) is 14.5 Å². The molecule has 0 aliphatic heterocycles. The predicted molar refractivity (Wildman–Crippen MR) is 153 cm³/mol. The third-order valence-electron chi connectivity index (χ3n) is 6.28. The molecule has 2 unspecified atom stereocenters. The van der Waals surface area contributed by atoms with E-state index in [9.17, 15) is 0 Å². The van der Waals surface area contributed by atoms with Crippen LogP contribution in [0.5, 0.6) is 0 Å². The lowest BCUT2D eigenvalue weighted by Gasteiger charge is -2.35. The van der Waals surface area contributed by atoms with Gasteiger partial charge >= 0.3 is 0 Å². The van der Waals surface area contributed by atoms with Gasteiger partial charge in [-0.3, -0.25) is 0 Å². The van der Waals surface area contributed by atoms with Gasteiger partial charge < -0.3 is 4.43 Å². The van der Waals surface area contributed by atoms with E-state index in [0.717, 1.165) is 6.16 Å². The Balaban J connectivity index is 1.88.